The van der Waals surface area contributed by atoms with Crippen molar-refractivity contribution in [2.75, 3.05) is 7.11 Å². The first-order valence-electron chi connectivity index (χ1n) is 6.11. The first-order valence-corrected chi connectivity index (χ1v) is 6.11. The predicted octanol–water partition coefficient (Wildman–Crippen LogP) is 2.80. The molecule has 0 saturated carbocycles. The summed E-state index contributed by atoms with van der Waals surface area (Å²) in [6, 6.07) is 4.17. The standard InChI is InChI=1S/C14H18O2/c1-8-11-5-3-4-9-6-10(16-2)7-12(13(9)11)14(8)15/h6-8,11,14-15H,3-5H2,1-2H3. The molecule has 0 fully saturated rings. The number of benzene rings is 1. The Hall–Kier alpha value is -1.02. The molecule has 0 saturated heterocycles. The van der Waals surface area contributed by atoms with Crippen molar-refractivity contribution in [3.63, 3.8) is 0 Å². The Balaban J connectivity index is 2.20. The molecule has 0 aromatic heterocycles. The average molecular weight is 218 g/mol. The molecular formula is C14H18O2. The summed E-state index contributed by atoms with van der Waals surface area (Å²) in [4.78, 5) is 0. The van der Waals surface area contributed by atoms with Crippen LogP contribution >= 0.6 is 0 Å². The van der Waals surface area contributed by atoms with Crippen LogP contribution in [0.1, 0.15) is 48.5 Å². The van der Waals surface area contributed by atoms with E-state index in [9.17, 15) is 5.11 Å². The van der Waals surface area contributed by atoms with Gasteiger partial charge < -0.3 is 9.84 Å². The van der Waals surface area contributed by atoms with Crippen molar-refractivity contribution in [3.8, 4) is 5.75 Å². The van der Waals surface area contributed by atoms with Crippen molar-refractivity contribution in [1.29, 1.82) is 0 Å². The molecule has 86 valence electrons. The molecule has 0 bridgehead atoms. The predicted molar refractivity (Wildman–Crippen MR) is 62.8 cm³/mol. The van der Waals surface area contributed by atoms with Gasteiger partial charge in [0, 0.05) is 0 Å². The van der Waals surface area contributed by atoms with E-state index in [0.29, 0.717) is 11.8 Å². The zero-order valence-corrected chi connectivity index (χ0v) is 9.86. The second-order valence-corrected chi connectivity index (χ2v) is 5.09. The lowest BCUT2D eigenvalue weighted by Crippen LogP contribution is -2.12. The Bertz CT molecular complexity index is 425. The van der Waals surface area contributed by atoms with E-state index in [0.717, 1.165) is 17.7 Å². The van der Waals surface area contributed by atoms with E-state index in [1.807, 2.05) is 6.07 Å². The van der Waals surface area contributed by atoms with Crippen molar-refractivity contribution in [1.82, 2.24) is 0 Å². The van der Waals surface area contributed by atoms with Crippen molar-refractivity contribution in [2.45, 2.75) is 38.2 Å². The minimum atomic E-state index is -0.299. The number of aryl methyl sites for hydroxylation is 1. The molecular weight excluding hydrogens is 200 g/mol. The smallest absolute Gasteiger partial charge is 0.119 e. The van der Waals surface area contributed by atoms with Gasteiger partial charge in [0.15, 0.2) is 0 Å². The summed E-state index contributed by atoms with van der Waals surface area (Å²) in [7, 11) is 1.69. The lowest BCUT2D eigenvalue weighted by atomic mass is 9.81. The van der Waals surface area contributed by atoms with Crippen LogP contribution in [0, 0.1) is 5.92 Å². The third kappa shape index (κ3) is 1.23. The first-order chi connectivity index (χ1) is 7.72. The summed E-state index contributed by atoms with van der Waals surface area (Å²) in [5, 5.41) is 10.3. The van der Waals surface area contributed by atoms with Crippen LogP contribution in [0.25, 0.3) is 0 Å². The summed E-state index contributed by atoms with van der Waals surface area (Å²) in [6.07, 6.45) is 3.30. The second kappa shape index (κ2) is 3.49. The monoisotopic (exact) mass is 218 g/mol. The van der Waals surface area contributed by atoms with Gasteiger partial charge in [0.1, 0.15) is 5.75 Å². The second-order valence-electron chi connectivity index (χ2n) is 5.09. The zero-order valence-electron chi connectivity index (χ0n) is 9.86. The Kier molecular flexibility index (Phi) is 2.21. The van der Waals surface area contributed by atoms with Gasteiger partial charge in [-0.05, 0) is 59.9 Å². The van der Waals surface area contributed by atoms with E-state index in [1.54, 1.807) is 7.11 Å². The maximum atomic E-state index is 10.3. The third-order valence-corrected chi connectivity index (χ3v) is 4.29. The molecule has 0 amide bonds. The molecule has 3 atom stereocenters. The number of hydrogen-bond donors (Lipinski definition) is 1. The van der Waals surface area contributed by atoms with Crippen molar-refractivity contribution in [2.24, 2.45) is 5.92 Å². The van der Waals surface area contributed by atoms with E-state index in [-0.39, 0.29) is 6.10 Å². The summed E-state index contributed by atoms with van der Waals surface area (Å²) >= 11 is 0. The highest BCUT2D eigenvalue weighted by atomic mass is 16.5. The molecule has 1 aromatic rings. The van der Waals surface area contributed by atoms with Crippen LogP contribution in [0.5, 0.6) is 5.75 Å². The number of methoxy groups -OCH3 is 1. The lowest BCUT2D eigenvalue weighted by Gasteiger charge is -2.24. The van der Waals surface area contributed by atoms with E-state index in [4.69, 9.17) is 4.74 Å². The fourth-order valence-corrected chi connectivity index (χ4v) is 3.41. The molecule has 1 aromatic carbocycles. The van der Waals surface area contributed by atoms with Crippen LogP contribution in [0.2, 0.25) is 0 Å². The van der Waals surface area contributed by atoms with Gasteiger partial charge in [0.25, 0.3) is 0 Å². The topological polar surface area (TPSA) is 29.5 Å². The summed E-state index contributed by atoms with van der Waals surface area (Å²) < 4.78 is 5.31. The van der Waals surface area contributed by atoms with Gasteiger partial charge in [-0.25, -0.2) is 0 Å². The molecule has 0 aliphatic heterocycles. The van der Waals surface area contributed by atoms with Gasteiger partial charge in [-0.3, -0.25) is 0 Å². The average Bonchev–Trinajstić information content (AvgIpc) is 2.56. The number of aliphatic hydroxyl groups is 1. The van der Waals surface area contributed by atoms with E-state index in [2.05, 4.69) is 13.0 Å². The van der Waals surface area contributed by atoms with Crippen molar-refractivity contribution < 1.29 is 9.84 Å². The number of hydrogen-bond acceptors (Lipinski definition) is 2. The highest BCUT2D eigenvalue weighted by Gasteiger charge is 2.40. The van der Waals surface area contributed by atoms with Gasteiger partial charge in [0.05, 0.1) is 13.2 Å². The molecule has 0 spiro atoms. The van der Waals surface area contributed by atoms with Crippen LogP contribution in [0.4, 0.5) is 0 Å². The van der Waals surface area contributed by atoms with Crippen LogP contribution in [0.3, 0.4) is 0 Å². The Morgan fingerprint density at radius 2 is 2.19 bits per heavy atom. The molecule has 3 rings (SSSR count). The normalized spacial score (nSPS) is 31.3. The number of aliphatic hydroxyl groups excluding tert-OH is 1. The molecule has 3 unspecified atom stereocenters. The molecule has 16 heavy (non-hydrogen) atoms. The fourth-order valence-electron chi connectivity index (χ4n) is 3.41. The molecule has 1 N–H and O–H groups in total. The maximum Gasteiger partial charge on any atom is 0.119 e. The van der Waals surface area contributed by atoms with E-state index in [1.165, 1.54) is 24.0 Å². The number of ether oxygens (including phenoxy) is 1. The first kappa shape index (κ1) is 10.2. The largest absolute Gasteiger partial charge is 0.497 e. The van der Waals surface area contributed by atoms with Crippen LogP contribution < -0.4 is 4.74 Å². The molecule has 2 aliphatic rings. The quantitative estimate of drug-likeness (QED) is 0.785. The summed E-state index contributed by atoms with van der Waals surface area (Å²) in [5.74, 6) is 1.82. The van der Waals surface area contributed by atoms with Gasteiger partial charge in [-0.1, -0.05) is 6.92 Å². The minimum absolute atomic E-state index is 0.299. The maximum absolute atomic E-state index is 10.3. The van der Waals surface area contributed by atoms with Gasteiger partial charge in [-0.15, -0.1) is 0 Å². The Morgan fingerprint density at radius 1 is 1.38 bits per heavy atom. The van der Waals surface area contributed by atoms with Crippen LogP contribution in [-0.2, 0) is 6.42 Å². The highest BCUT2D eigenvalue weighted by molar-refractivity contribution is 5.50. The SMILES string of the molecule is COc1cc2c3c(c1)C(O)C(C)C3CCC2. The Morgan fingerprint density at radius 3 is 2.94 bits per heavy atom. The van der Waals surface area contributed by atoms with Crippen LogP contribution in [0.15, 0.2) is 12.1 Å². The lowest BCUT2D eigenvalue weighted by molar-refractivity contribution is 0.118. The number of rotatable bonds is 1. The summed E-state index contributed by atoms with van der Waals surface area (Å²) in [6.45, 7) is 2.16. The van der Waals surface area contributed by atoms with Crippen LogP contribution in [-0.4, -0.2) is 12.2 Å². The minimum Gasteiger partial charge on any atom is -0.497 e. The molecule has 0 heterocycles. The van der Waals surface area contributed by atoms with Gasteiger partial charge in [0.2, 0.25) is 0 Å². The van der Waals surface area contributed by atoms with Crippen molar-refractivity contribution >= 4 is 0 Å². The summed E-state index contributed by atoms with van der Waals surface area (Å²) in [5.41, 5.74) is 3.94. The van der Waals surface area contributed by atoms with E-state index < -0.39 is 0 Å². The third-order valence-electron chi connectivity index (χ3n) is 4.29. The molecule has 2 aliphatic carbocycles. The Labute approximate surface area is 96.2 Å². The molecule has 0 radical (unpaired) electrons. The van der Waals surface area contributed by atoms with E-state index >= 15 is 0 Å². The van der Waals surface area contributed by atoms with Crippen molar-refractivity contribution in [3.05, 3.63) is 28.8 Å². The molecule has 2 nitrogen and oxygen atoms in total. The highest BCUT2D eigenvalue weighted by Crippen LogP contribution is 2.52. The molecule has 2 heteroatoms. The van der Waals surface area contributed by atoms with Gasteiger partial charge in [-0.2, -0.15) is 0 Å². The zero-order chi connectivity index (χ0) is 11.3. The van der Waals surface area contributed by atoms with Gasteiger partial charge >= 0.3 is 0 Å². The fraction of sp³-hybridized carbons (Fsp3) is 0.571.